The summed E-state index contributed by atoms with van der Waals surface area (Å²) in [7, 11) is 1.64. The first-order valence-electron chi connectivity index (χ1n) is 6.32. The largest absolute Gasteiger partial charge is 0.497 e. The van der Waals surface area contributed by atoms with Gasteiger partial charge >= 0.3 is 0 Å². The van der Waals surface area contributed by atoms with Crippen molar-refractivity contribution in [3.63, 3.8) is 0 Å². The number of amides is 1. The monoisotopic (exact) mass is 248 g/mol. The summed E-state index contributed by atoms with van der Waals surface area (Å²) in [6.45, 7) is 4.40. The summed E-state index contributed by atoms with van der Waals surface area (Å²) in [5, 5.41) is 6.23. The van der Waals surface area contributed by atoms with Crippen molar-refractivity contribution in [1.82, 2.24) is 10.6 Å². The van der Waals surface area contributed by atoms with Crippen LogP contribution in [0.25, 0.3) is 0 Å². The Morgan fingerprint density at radius 3 is 2.67 bits per heavy atom. The highest BCUT2D eigenvalue weighted by molar-refractivity contribution is 5.79. The van der Waals surface area contributed by atoms with E-state index in [9.17, 15) is 4.79 Å². The molecule has 2 rings (SSSR count). The summed E-state index contributed by atoms with van der Waals surface area (Å²) in [5.74, 6) is 1.49. The Hall–Kier alpha value is -1.55. The molecule has 1 fully saturated rings. The fourth-order valence-corrected chi connectivity index (χ4v) is 2.22. The molecule has 4 heteroatoms. The van der Waals surface area contributed by atoms with E-state index in [1.807, 2.05) is 24.3 Å². The van der Waals surface area contributed by atoms with Crippen LogP contribution < -0.4 is 15.4 Å². The van der Waals surface area contributed by atoms with E-state index in [2.05, 4.69) is 17.6 Å². The minimum atomic E-state index is 0.100. The maximum absolute atomic E-state index is 12.0. The van der Waals surface area contributed by atoms with Crippen molar-refractivity contribution < 1.29 is 9.53 Å². The highest BCUT2D eigenvalue weighted by Crippen LogP contribution is 2.16. The molecule has 0 saturated carbocycles. The lowest BCUT2D eigenvalue weighted by Crippen LogP contribution is -2.33. The van der Waals surface area contributed by atoms with Gasteiger partial charge in [-0.05, 0) is 30.2 Å². The second-order valence-electron chi connectivity index (χ2n) is 4.81. The van der Waals surface area contributed by atoms with Gasteiger partial charge < -0.3 is 15.4 Å². The summed E-state index contributed by atoms with van der Waals surface area (Å²) < 4.78 is 5.09. The molecule has 1 aromatic carbocycles. The smallest absolute Gasteiger partial charge is 0.224 e. The van der Waals surface area contributed by atoms with E-state index in [0.29, 0.717) is 12.5 Å². The molecule has 1 amide bonds. The number of benzene rings is 1. The Morgan fingerprint density at radius 1 is 1.39 bits per heavy atom. The standard InChI is InChI=1S/C14H20N2O2/c1-10-7-15-9-13(10)14(17)16-8-11-3-5-12(18-2)6-4-11/h3-6,10,13,15H,7-9H2,1-2H3,(H,16,17). The highest BCUT2D eigenvalue weighted by Gasteiger charge is 2.29. The molecular formula is C14H20N2O2. The predicted octanol–water partition coefficient (Wildman–Crippen LogP) is 1.17. The van der Waals surface area contributed by atoms with Gasteiger partial charge in [-0.15, -0.1) is 0 Å². The van der Waals surface area contributed by atoms with Crippen LogP contribution >= 0.6 is 0 Å². The summed E-state index contributed by atoms with van der Waals surface area (Å²) in [6.07, 6.45) is 0. The van der Waals surface area contributed by atoms with Gasteiger partial charge in [-0.1, -0.05) is 19.1 Å². The van der Waals surface area contributed by atoms with Crippen molar-refractivity contribution in [2.45, 2.75) is 13.5 Å². The molecule has 2 unspecified atom stereocenters. The van der Waals surface area contributed by atoms with Gasteiger partial charge in [0, 0.05) is 13.1 Å². The van der Waals surface area contributed by atoms with E-state index in [4.69, 9.17) is 4.74 Å². The van der Waals surface area contributed by atoms with Crippen molar-refractivity contribution in [1.29, 1.82) is 0 Å². The van der Waals surface area contributed by atoms with Crippen LogP contribution in [0.2, 0.25) is 0 Å². The Labute approximate surface area is 108 Å². The normalized spacial score (nSPS) is 22.8. The van der Waals surface area contributed by atoms with Gasteiger partial charge in [0.2, 0.25) is 5.91 Å². The third kappa shape index (κ3) is 3.01. The van der Waals surface area contributed by atoms with Crippen molar-refractivity contribution >= 4 is 5.91 Å². The van der Waals surface area contributed by atoms with Crippen LogP contribution in [0.5, 0.6) is 5.75 Å². The number of hydrogen-bond acceptors (Lipinski definition) is 3. The molecule has 0 radical (unpaired) electrons. The van der Waals surface area contributed by atoms with E-state index in [-0.39, 0.29) is 11.8 Å². The van der Waals surface area contributed by atoms with Gasteiger partial charge in [-0.25, -0.2) is 0 Å². The molecule has 2 N–H and O–H groups in total. The van der Waals surface area contributed by atoms with Crippen LogP contribution in [0.3, 0.4) is 0 Å². The predicted molar refractivity (Wildman–Crippen MR) is 70.4 cm³/mol. The molecule has 18 heavy (non-hydrogen) atoms. The molecule has 1 aliphatic heterocycles. The molecule has 1 aliphatic rings. The molecule has 1 aromatic rings. The van der Waals surface area contributed by atoms with E-state index >= 15 is 0 Å². The molecule has 2 atom stereocenters. The summed E-state index contributed by atoms with van der Waals surface area (Å²) in [5.41, 5.74) is 1.09. The average molecular weight is 248 g/mol. The van der Waals surface area contributed by atoms with Crippen LogP contribution in [0.4, 0.5) is 0 Å². The van der Waals surface area contributed by atoms with Crippen molar-refractivity contribution in [3.8, 4) is 5.75 Å². The molecule has 1 saturated heterocycles. The zero-order valence-electron chi connectivity index (χ0n) is 10.9. The number of nitrogens with one attached hydrogen (secondary N) is 2. The number of methoxy groups -OCH3 is 1. The molecule has 0 aliphatic carbocycles. The van der Waals surface area contributed by atoms with Crippen LogP contribution in [-0.4, -0.2) is 26.1 Å². The Bertz CT molecular complexity index is 403. The van der Waals surface area contributed by atoms with Crippen LogP contribution in [0, 0.1) is 11.8 Å². The van der Waals surface area contributed by atoms with Crippen LogP contribution in [0.1, 0.15) is 12.5 Å². The molecule has 0 spiro atoms. The third-order valence-corrected chi connectivity index (χ3v) is 3.48. The van der Waals surface area contributed by atoms with E-state index in [1.165, 1.54) is 0 Å². The van der Waals surface area contributed by atoms with Crippen molar-refractivity contribution in [3.05, 3.63) is 29.8 Å². The van der Waals surface area contributed by atoms with Crippen LogP contribution in [0.15, 0.2) is 24.3 Å². The zero-order chi connectivity index (χ0) is 13.0. The number of hydrogen-bond donors (Lipinski definition) is 2. The SMILES string of the molecule is COc1ccc(CNC(=O)C2CNCC2C)cc1. The summed E-state index contributed by atoms with van der Waals surface area (Å²) >= 11 is 0. The Kier molecular flexibility index (Phi) is 4.20. The fourth-order valence-electron chi connectivity index (χ4n) is 2.22. The fraction of sp³-hybridized carbons (Fsp3) is 0.500. The minimum Gasteiger partial charge on any atom is -0.497 e. The molecule has 1 heterocycles. The maximum Gasteiger partial charge on any atom is 0.224 e. The summed E-state index contributed by atoms with van der Waals surface area (Å²) in [4.78, 5) is 12.0. The van der Waals surface area contributed by atoms with Gasteiger partial charge in [-0.2, -0.15) is 0 Å². The Balaban J connectivity index is 1.85. The van der Waals surface area contributed by atoms with Gasteiger partial charge in [0.25, 0.3) is 0 Å². The summed E-state index contributed by atoms with van der Waals surface area (Å²) in [6, 6.07) is 7.74. The lowest BCUT2D eigenvalue weighted by Gasteiger charge is -2.14. The first-order valence-corrected chi connectivity index (χ1v) is 6.32. The van der Waals surface area contributed by atoms with Gasteiger partial charge in [0.15, 0.2) is 0 Å². The van der Waals surface area contributed by atoms with E-state index < -0.39 is 0 Å². The molecule has 0 aromatic heterocycles. The van der Waals surface area contributed by atoms with Gasteiger partial charge in [-0.3, -0.25) is 4.79 Å². The number of ether oxygens (including phenoxy) is 1. The zero-order valence-corrected chi connectivity index (χ0v) is 10.9. The first-order chi connectivity index (χ1) is 8.70. The van der Waals surface area contributed by atoms with E-state index in [0.717, 1.165) is 24.4 Å². The number of carbonyl (C=O) groups excluding carboxylic acids is 1. The molecule has 0 bridgehead atoms. The van der Waals surface area contributed by atoms with Crippen molar-refractivity contribution in [2.24, 2.45) is 11.8 Å². The minimum absolute atomic E-state index is 0.100. The maximum atomic E-state index is 12.0. The van der Waals surface area contributed by atoms with E-state index in [1.54, 1.807) is 7.11 Å². The Morgan fingerprint density at radius 2 is 2.11 bits per heavy atom. The topological polar surface area (TPSA) is 50.4 Å². The first kappa shape index (κ1) is 12.9. The average Bonchev–Trinajstić information content (AvgIpc) is 2.83. The second-order valence-corrected chi connectivity index (χ2v) is 4.81. The van der Waals surface area contributed by atoms with Gasteiger partial charge in [0.05, 0.1) is 13.0 Å². The van der Waals surface area contributed by atoms with Crippen LogP contribution in [-0.2, 0) is 11.3 Å². The highest BCUT2D eigenvalue weighted by atomic mass is 16.5. The van der Waals surface area contributed by atoms with Gasteiger partial charge in [0.1, 0.15) is 5.75 Å². The molecular weight excluding hydrogens is 228 g/mol. The van der Waals surface area contributed by atoms with Crippen molar-refractivity contribution in [2.75, 3.05) is 20.2 Å². The lowest BCUT2D eigenvalue weighted by molar-refractivity contribution is -0.125. The molecule has 4 nitrogen and oxygen atoms in total. The number of carbonyl (C=O) groups is 1. The lowest BCUT2D eigenvalue weighted by atomic mass is 9.97. The quantitative estimate of drug-likeness (QED) is 0.841. The third-order valence-electron chi connectivity index (χ3n) is 3.48. The second kappa shape index (κ2) is 5.87. The molecule has 98 valence electrons. The number of rotatable bonds is 4.